The highest BCUT2D eigenvalue weighted by Crippen LogP contribution is 2.53. The zero-order chi connectivity index (χ0) is 41.4. The highest BCUT2D eigenvalue weighted by Gasteiger charge is 2.44. The summed E-state index contributed by atoms with van der Waals surface area (Å²) in [6, 6.07) is 20.1. The van der Waals surface area contributed by atoms with Gasteiger partial charge in [0.15, 0.2) is 12.3 Å². The zero-order valence-electron chi connectivity index (χ0n) is 33.0. The summed E-state index contributed by atoms with van der Waals surface area (Å²) in [7, 11) is 1.58. The lowest BCUT2D eigenvalue weighted by atomic mass is 9.68. The van der Waals surface area contributed by atoms with Crippen molar-refractivity contribution in [3.63, 3.8) is 0 Å². The number of hydrogen-bond donors (Lipinski definition) is 1. The van der Waals surface area contributed by atoms with Gasteiger partial charge >= 0.3 is 6.18 Å². The average Bonchev–Trinajstić information content (AvgIpc) is 3.21. The number of benzene rings is 3. The number of nitrogens with zero attached hydrogens (tertiary/aromatic N) is 2. The number of pyridine rings is 1. The molecule has 2 fully saturated rings. The topological polar surface area (TPSA) is 71.9 Å². The van der Waals surface area contributed by atoms with Gasteiger partial charge in [0.05, 0.1) is 31.1 Å². The summed E-state index contributed by atoms with van der Waals surface area (Å²) in [6.45, 7) is 4.94. The van der Waals surface area contributed by atoms with E-state index in [2.05, 4.69) is 13.8 Å². The summed E-state index contributed by atoms with van der Waals surface area (Å²) >= 11 is 0. The summed E-state index contributed by atoms with van der Waals surface area (Å²) in [5.41, 5.74) is 2.77. The fraction of sp³-hybridized carbons (Fsp3) is 0.478. The second-order valence-electron chi connectivity index (χ2n) is 16.9. The van der Waals surface area contributed by atoms with Crippen LogP contribution >= 0.6 is 0 Å². The van der Waals surface area contributed by atoms with Crippen LogP contribution in [-0.2, 0) is 28.7 Å². The number of carbonyl (C=O) groups is 1. The molecule has 1 N–H and O–H groups in total. The third-order valence-corrected chi connectivity index (χ3v) is 12.2. The lowest BCUT2D eigenvalue weighted by Gasteiger charge is -2.42. The lowest BCUT2D eigenvalue weighted by molar-refractivity contribution is -0.141. The van der Waals surface area contributed by atoms with E-state index in [1.165, 1.54) is 0 Å². The van der Waals surface area contributed by atoms with Crippen molar-refractivity contribution in [3.05, 3.63) is 129 Å². The van der Waals surface area contributed by atoms with Gasteiger partial charge in [-0.3, -0.25) is 9.78 Å². The third kappa shape index (κ3) is 9.08. The third-order valence-electron chi connectivity index (χ3n) is 12.2. The molecule has 4 aromatic rings. The number of fused-ring (bicyclic) bond motifs is 1. The summed E-state index contributed by atoms with van der Waals surface area (Å²) in [5, 5.41) is 10.9. The first-order chi connectivity index (χ1) is 27.5. The monoisotopic (exact) mass is 808 g/mol. The van der Waals surface area contributed by atoms with Crippen LogP contribution in [0.3, 0.4) is 0 Å². The molecule has 310 valence electrons. The maximum absolute atomic E-state index is 17.7. The van der Waals surface area contributed by atoms with E-state index in [0.29, 0.717) is 59.5 Å². The number of carbonyl (C=O) groups excluding carboxylic acids is 1. The molecule has 1 aromatic heterocycles. The SMILES string of the molecule is COc1ccc(CO[C@H]2CC(C)(C)Cc3nc(C4CCN(C(=O)[C@H](O)c5ccccc5)CC4)c(C(F)c4ccc(C(F)(F)F)cc4)c(C4CCC(F)(F)CC4)c32)cc1. The summed E-state index contributed by atoms with van der Waals surface area (Å²) in [6.07, 6.45) is -7.21. The van der Waals surface area contributed by atoms with Gasteiger partial charge < -0.3 is 19.5 Å². The van der Waals surface area contributed by atoms with Crippen molar-refractivity contribution in [2.24, 2.45) is 5.41 Å². The van der Waals surface area contributed by atoms with E-state index < -0.39 is 47.9 Å². The van der Waals surface area contributed by atoms with Gasteiger partial charge in [-0.1, -0.05) is 68.4 Å². The van der Waals surface area contributed by atoms with E-state index in [4.69, 9.17) is 14.5 Å². The normalized spacial score (nSPS) is 20.9. The molecular formula is C46H50F6N2O4. The number of aliphatic hydroxyl groups is 1. The molecule has 1 amide bonds. The van der Waals surface area contributed by atoms with Crippen molar-refractivity contribution in [1.82, 2.24) is 9.88 Å². The molecular weight excluding hydrogens is 759 g/mol. The number of likely N-dealkylation sites (tertiary alicyclic amines) is 1. The lowest BCUT2D eigenvalue weighted by Crippen LogP contribution is -2.41. The Labute approximate surface area is 335 Å². The summed E-state index contributed by atoms with van der Waals surface area (Å²) < 4.78 is 100. The van der Waals surface area contributed by atoms with E-state index in [0.717, 1.165) is 29.8 Å². The quantitative estimate of drug-likeness (QED) is 0.162. The number of rotatable bonds is 10. The van der Waals surface area contributed by atoms with Crippen molar-refractivity contribution in [2.75, 3.05) is 20.2 Å². The Kier molecular flexibility index (Phi) is 12.0. The van der Waals surface area contributed by atoms with Crippen LogP contribution in [0.1, 0.15) is 139 Å². The fourth-order valence-corrected chi connectivity index (χ4v) is 9.07. The molecule has 3 aromatic carbocycles. The Hall–Kier alpha value is -4.42. The van der Waals surface area contributed by atoms with Gasteiger partial charge in [0, 0.05) is 48.7 Å². The molecule has 1 unspecified atom stereocenters. The van der Waals surface area contributed by atoms with E-state index in [1.807, 2.05) is 24.3 Å². The minimum Gasteiger partial charge on any atom is -0.497 e. The van der Waals surface area contributed by atoms with E-state index in [-0.39, 0.29) is 67.8 Å². The highest BCUT2D eigenvalue weighted by molar-refractivity contribution is 5.82. The average molecular weight is 809 g/mol. The Morgan fingerprint density at radius 1 is 0.879 bits per heavy atom. The molecule has 1 saturated carbocycles. The molecule has 2 heterocycles. The number of piperidine rings is 1. The van der Waals surface area contributed by atoms with Gasteiger partial charge in [0.25, 0.3) is 5.91 Å². The van der Waals surface area contributed by atoms with Crippen LogP contribution in [-0.4, -0.2) is 47.0 Å². The Morgan fingerprint density at radius 3 is 2.12 bits per heavy atom. The van der Waals surface area contributed by atoms with Crippen molar-refractivity contribution < 1.29 is 45.7 Å². The standard InChI is InChI=1S/C46H50F6N2O4/c1-44(2)25-35-38(36(26-44)58-27-28-9-15-34(57-3)16-10-28)37(29-17-21-45(48,49)22-18-29)39(40(47)30-11-13-33(14-12-30)46(50,51)52)41(53-35)31-19-23-54(24-20-31)43(56)42(55)32-7-5-4-6-8-32/h4-16,29,31,36,40,42,55H,17-27H2,1-3H3/t36-,40?,42+/m0/s1. The van der Waals surface area contributed by atoms with Crippen LogP contribution in [0.25, 0.3) is 0 Å². The molecule has 58 heavy (non-hydrogen) atoms. The van der Waals surface area contributed by atoms with Gasteiger partial charge in [0.2, 0.25) is 5.92 Å². The molecule has 3 atom stereocenters. The van der Waals surface area contributed by atoms with Gasteiger partial charge in [0.1, 0.15) is 5.75 Å². The largest absolute Gasteiger partial charge is 0.497 e. The van der Waals surface area contributed by atoms with Crippen molar-refractivity contribution in [2.45, 2.75) is 114 Å². The number of aromatic nitrogens is 1. The van der Waals surface area contributed by atoms with Gasteiger partial charge in [-0.05, 0) is 96.4 Å². The Bertz CT molecular complexity index is 2040. The summed E-state index contributed by atoms with van der Waals surface area (Å²) in [5.74, 6) is -3.47. The fourth-order valence-electron chi connectivity index (χ4n) is 9.07. The molecule has 0 spiro atoms. The van der Waals surface area contributed by atoms with Crippen LogP contribution < -0.4 is 4.74 Å². The van der Waals surface area contributed by atoms with E-state index in [1.54, 1.807) is 42.3 Å². The zero-order valence-corrected chi connectivity index (χ0v) is 33.0. The van der Waals surface area contributed by atoms with Gasteiger partial charge in [-0.15, -0.1) is 0 Å². The first-order valence-electron chi connectivity index (χ1n) is 20.1. The van der Waals surface area contributed by atoms with Crippen LogP contribution in [0.4, 0.5) is 26.3 Å². The maximum Gasteiger partial charge on any atom is 0.416 e. The number of ether oxygens (including phenoxy) is 2. The molecule has 12 heteroatoms. The molecule has 1 aliphatic heterocycles. The molecule has 1 saturated heterocycles. The van der Waals surface area contributed by atoms with Crippen molar-refractivity contribution in [3.8, 4) is 5.75 Å². The van der Waals surface area contributed by atoms with Gasteiger partial charge in [-0.25, -0.2) is 13.2 Å². The minimum atomic E-state index is -4.62. The summed E-state index contributed by atoms with van der Waals surface area (Å²) in [4.78, 5) is 20.3. The molecule has 0 radical (unpaired) electrons. The molecule has 7 rings (SSSR count). The van der Waals surface area contributed by atoms with E-state index in [9.17, 15) is 31.9 Å². The number of amides is 1. The predicted molar refractivity (Wildman–Crippen MR) is 207 cm³/mol. The second kappa shape index (κ2) is 16.7. The maximum atomic E-state index is 17.7. The Balaban J connectivity index is 1.33. The minimum absolute atomic E-state index is 0.00354. The van der Waals surface area contributed by atoms with Crippen LogP contribution in [0, 0.1) is 5.41 Å². The first-order valence-corrected chi connectivity index (χ1v) is 20.1. The second-order valence-corrected chi connectivity index (χ2v) is 16.9. The number of aliphatic hydroxyl groups excluding tert-OH is 1. The van der Waals surface area contributed by atoms with Crippen LogP contribution in [0.2, 0.25) is 0 Å². The first kappa shape index (κ1) is 41.7. The van der Waals surface area contributed by atoms with Crippen molar-refractivity contribution >= 4 is 5.91 Å². The smallest absolute Gasteiger partial charge is 0.416 e. The number of halogens is 6. The molecule has 6 nitrogen and oxygen atoms in total. The molecule has 2 aliphatic carbocycles. The number of methoxy groups -OCH3 is 1. The Morgan fingerprint density at radius 2 is 1.52 bits per heavy atom. The molecule has 3 aliphatic rings. The predicted octanol–water partition coefficient (Wildman–Crippen LogP) is 11.1. The van der Waals surface area contributed by atoms with E-state index >= 15 is 4.39 Å². The number of hydrogen-bond acceptors (Lipinski definition) is 5. The van der Waals surface area contributed by atoms with Crippen LogP contribution in [0.5, 0.6) is 5.75 Å². The van der Waals surface area contributed by atoms with Crippen LogP contribution in [0.15, 0.2) is 78.9 Å². The van der Waals surface area contributed by atoms with Crippen molar-refractivity contribution in [1.29, 1.82) is 0 Å². The highest BCUT2D eigenvalue weighted by atomic mass is 19.4. The van der Waals surface area contributed by atoms with Gasteiger partial charge in [-0.2, -0.15) is 13.2 Å². The number of alkyl halides is 6. The molecule has 0 bridgehead atoms.